The van der Waals surface area contributed by atoms with E-state index in [4.69, 9.17) is 10.8 Å². The van der Waals surface area contributed by atoms with E-state index in [-0.39, 0.29) is 12.6 Å². The molecular formula is C9H15NOS. The molecule has 0 aliphatic rings. The van der Waals surface area contributed by atoms with Gasteiger partial charge in [0.1, 0.15) is 0 Å². The van der Waals surface area contributed by atoms with Crippen LogP contribution in [0.2, 0.25) is 0 Å². The van der Waals surface area contributed by atoms with Crippen LogP contribution in [0.15, 0.2) is 6.07 Å². The predicted molar refractivity (Wildman–Crippen MR) is 52.4 cm³/mol. The lowest BCUT2D eigenvalue weighted by atomic mass is 10.1. The summed E-state index contributed by atoms with van der Waals surface area (Å²) in [5, 5.41) is 8.72. The Kier molecular flexibility index (Phi) is 3.26. The Morgan fingerprint density at radius 2 is 2.25 bits per heavy atom. The van der Waals surface area contributed by atoms with Crippen molar-refractivity contribution in [1.29, 1.82) is 0 Å². The van der Waals surface area contributed by atoms with Crippen LogP contribution in [0.25, 0.3) is 0 Å². The molecule has 3 heteroatoms. The Labute approximate surface area is 77.0 Å². The molecule has 1 rings (SSSR count). The van der Waals surface area contributed by atoms with Gasteiger partial charge in [-0.2, -0.15) is 0 Å². The Hall–Kier alpha value is -0.380. The van der Waals surface area contributed by atoms with Crippen LogP contribution in [0.1, 0.15) is 27.8 Å². The van der Waals surface area contributed by atoms with E-state index < -0.39 is 0 Å². The lowest BCUT2D eigenvalue weighted by molar-refractivity contribution is 0.276. The SMILES string of the molecule is Cc1cc([C@@H](N)CCO)c(C)s1. The Morgan fingerprint density at radius 3 is 2.67 bits per heavy atom. The molecule has 0 spiro atoms. The summed E-state index contributed by atoms with van der Waals surface area (Å²) in [7, 11) is 0. The summed E-state index contributed by atoms with van der Waals surface area (Å²) in [5.41, 5.74) is 7.05. The zero-order chi connectivity index (χ0) is 9.14. The summed E-state index contributed by atoms with van der Waals surface area (Å²) in [6.45, 7) is 4.31. The molecule has 1 aromatic heterocycles. The highest BCUT2D eigenvalue weighted by atomic mass is 32.1. The maximum Gasteiger partial charge on any atom is 0.0449 e. The lowest BCUT2D eigenvalue weighted by Gasteiger charge is -2.08. The Bertz CT molecular complexity index is 257. The monoisotopic (exact) mass is 185 g/mol. The second kappa shape index (κ2) is 4.03. The van der Waals surface area contributed by atoms with Crippen molar-refractivity contribution in [3.05, 3.63) is 21.4 Å². The van der Waals surface area contributed by atoms with Gasteiger partial charge in [0.25, 0.3) is 0 Å². The normalized spacial score (nSPS) is 13.3. The highest BCUT2D eigenvalue weighted by molar-refractivity contribution is 7.12. The summed E-state index contributed by atoms with van der Waals surface area (Å²) >= 11 is 1.76. The van der Waals surface area contributed by atoms with Crippen LogP contribution in [0, 0.1) is 13.8 Å². The fraction of sp³-hybridized carbons (Fsp3) is 0.556. The quantitative estimate of drug-likeness (QED) is 0.753. The minimum Gasteiger partial charge on any atom is -0.396 e. The van der Waals surface area contributed by atoms with E-state index in [1.165, 1.54) is 15.3 Å². The van der Waals surface area contributed by atoms with Gasteiger partial charge in [-0.25, -0.2) is 0 Å². The number of hydrogen-bond acceptors (Lipinski definition) is 3. The summed E-state index contributed by atoms with van der Waals surface area (Å²) in [5.74, 6) is 0. The molecule has 0 amide bonds. The molecule has 0 fully saturated rings. The third-order valence-electron chi connectivity index (χ3n) is 1.92. The van der Waals surface area contributed by atoms with Crippen molar-refractivity contribution in [2.24, 2.45) is 5.73 Å². The van der Waals surface area contributed by atoms with Crippen LogP contribution in [-0.2, 0) is 0 Å². The molecule has 68 valence electrons. The third-order valence-corrected chi connectivity index (χ3v) is 2.90. The topological polar surface area (TPSA) is 46.2 Å². The van der Waals surface area contributed by atoms with Crippen LogP contribution >= 0.6 is 11.3 Å². The first kappa shape index (κ1) is 9.71. The van der Waals surface area contributed by atoms with Crippen LogP contribution < -0.4 is 5.73 Å². The molecule has 12 heavy (non-hydrogen) atoms. The molecule has 0 aromatic carbocycles. The number of nitrogens with two attached hydrogens (primary N) is 1. The minimum atomic E-state index is -0.0000463. The first-order valence-corrected chi connectivity index (χ1v) is 4.90. The van der Waals surface area contributed by atoms with E-state index >= 15 is 0 Å². The van der Waals surface area contributed by atoms with Crippen molar-refractivity contribution in [3.8, 4) is 0 Å². The first-order chi connectivity index (χ1) is 5.65. The predicted octanol–water partition coefficient (Wildman–Crippen LogP) is 1.75. The highest BCUT2D eigenvalue weighted by Gasteiger charge is 2.10. The average molecular weight is 185 g/mol. The first-order valence-electron chi connectivity index (χ1n) is 4.08. The fourth-order valence-corrected chi connectivity index (χ4v) is 2.31. The molecular weight excluding hydrogens is 170 g/mol. The zero-order valence-electron chi connectivity index (χ0n) is 7.50. The van der Waals surface area contributed by atoms with Gasteiger partial charge in [-0.15, -0.1) is 11.3 Å². The fourth-order valence-electron chi connectivity index (χ4n) is 1.31. The standard InChI is InChI=1S/C9H15NOS/c1-6-5-8(7(2)12-6)9(10)3-4-11/h5,9,11H,3-4,10H2,1-2H3/t9-/m0/s1. The second-order valence-corrected chi connectivity index (χ2v) is 4.45. The van der Waals surface area contributed by atoms with E-state index in [1.54, 1.807) is 11.3 Å². The molecule has 0 saturated carbocycles. The van der Waals surface area contributed by atoms with Gasteiger partial charge in [-0.3, -0.25) is 0 Å². The lowest BCUT2D eigenvalue weighted by Crippen LogP contribution is -2.11. The van der Waals surface area contributed by atoms with Crippen LogP contribution in [0.3, 0.4) is 0 Å². The number of aliphatic hydroxyl groups excluding tert-OH is 1. The average Bonchev–Trinajstić information content (AvgIpc) is 2.30. The largest absolute Gasteiger partial charge is 0.396 e. The molecule has 1 heterocycles. The molecule has 1 atom stereocenters. The van der Waals surface area contributed by atoms with Gasteiger partial charge in [0, 0.05) is 22.4 Å². The number of aryl methyl sites for hydroxylation is 2. The molecule has 1 aromatic rings. The summed E-state index contributed by atoms with van der Waals surface area (Å²) < 4.78 is 0. The molecule has 0 saturated heterocycles. The summed E-state index contributed by atoms with van der Waals surface area (Å²) in [4.78, 5) is 2.56. The summed E-state index contributed by atoms with van der Waals surface area (Å²) in [6, 6.07) is 2.11. The molecule has 0 aliphatic heterocycles. The van der Waals surface area contributed by atoms with Crippen LogP contribution in [-0.4, -0.2) is 11.7 Å². The zero-order valence-corrected chi connectivity index (χ0v) is 8.32. The molecule has 0 aliphatic carbocycles. The molecule has 2 nitrogen and oxygen atoms in total. The van der Waals surface area contributed by atoms with E-state index in [9.17, 15) is 0 Å². The number of rotatable bonds is 3. The third kappa shape index (κ3) is 2.06. The summed E-state index contributed by atoms with van der Waals surface area (Å²) in [6.07, 6.45) is 0.650. The van der Waals surface area contributed by atoms with Gasteiger partial charge in [-0.05, 0) is 31.9 Å². The van der Waals surface area contributed by atoms with Gasteiger partial charge in [0.05, 0.1) is 0 Å². The number of aliphatic hydroxyl groups is 1. The highest BCUT2D eigenvalue weighted by Crippen LogP contribution is 2.26. The van der Waals surface area contributed by atoms with E-state index in [2.05, 4.69) is 19.9 Å². The number of thiophene rings is 1. The Morgan fingerprint density at radius 1 is 1.58 bits per heavy atom. The number of hydrogen-bond donors (Lipinski definition) is 2. The Balaban J connectivity index is 2.79. The molecule has 0 radical (unpaired) electrons. The van der Waals surface area contributed by atoms with Crippen molar-refractivity contribution < 1.29 is 5.11 Å². The van der Waals surface area contributed by atoms with Crippen molar-refractivity contribution in [1.82, 2.24) is 0 Å². The van der Waals surface area contributed by atoms with E-state index in [0.29, 0.717) is 6.42 Å². The second-order valence-electron chi connectivity index (χ2n) is 2.99. The van der Waals surface area contributed by atoms with Crippen LogP contribution in [0.5, 0.6) is 0 Å². The minimum absolute atomic E-state index is 0.0000463. The molecule has 3 N–H and O–H groups in total. The van der Waals surface area contributed by atoms with Gasteiger partial charge >= 0.3 is 0 Å². The molecule has 0 unspecified atom stereocenters. The van der Waals surface area contributed by atoms with Crippen molar-refractivity contribution >= 4 is 11.3 Å². The maximum absolute atomic E-state index is 8.72. The smallest absolute Gasteiger partial charge is 0.0449 e. The van der Waals surface area contributed by atoms with E-state index in [0.717, 1.165) is 0 Å². The van der Waals surface area contributed by atoms with Gasteiger partial charge in [0.2, 0.25) is 0 Å². The molecule has 0 bridgehead atoms. The van der Waals surface area contributed by atoms with Gasteiger partial charge in [0.15, 0.2) is 0 Å². The van der Waals surface area contributed by atoms with Crippen LogP contribution in [0.4, 0.5) is 0 Å². The van der Waals surface area contributed by atoms with Gasteiger partial charge < -0.3 is 10.8 Å². The van der Waals surface area contributed by atoms with Crippen molar-refractivity contribution in [2.75, 3.05) is 6.61 Å². The maximum atomic E-state index is 8.72. The van der Waals surface area contributed by atoms with E-state index in [1.807, 2.05) is 0 Å². The van der Waals surface area contributed by atoms with Crippen molar-refractivity contribution in [3.63, 3.8) is 0 Å². The van der Waals surface area contributed by atoms with Gasteiger partial charge in [-0.1, -0.05) is 0 Å². The van der Waals surface area contributed by atoms with Crippen molar-refractivity contribution in [2.45, 2.75) is 26.3 Å².